The fourth-order valence-corrected chi connectivity index (χ4v) is 3.14. The lowest BCUT2D eigenvalue weighted by Gasteiger charge is -2.34. The van der Waals surface area contributed by atoms with Crippen molar-refractivity contribution in [3.05, 3.63) is 64.7 Å². The second kappa shape index (κ2) is 7.03. The predicted octanol–water partition coefficient (Wildman–Crippen LogP) is 2.19. The number of primary amides is 1. The van der Waals surface area contributed by atoms with Crippen molar-refractivity contribution in [3.8, 4) is 0 Å². The van der Waals surface area contributed by atoms with Crippen molar-refractivity contribution in [2.24, 2.45) is 5.73 Å². The van der Waals surface area contributed by atoms with Crippen molar-refractivity contribution in [1.29, 1.82) is 0 Å². The van der Waals surface area contributed by atoms with Gasteiger partial charge in [0.05, 0.1) is 23.3 Å². The Balaban J connectivity index is 1.74. The summed E-state index contributed by atoms with van der Waals surface area (Å²) in [6.45, 7) is 0.590. The molecule has 0 saturated carbocycles. The maximum Gasteiger partial charge on any atom is 0.238 e. The van der Waals surface area contributed by atoms with E-state index >= 15 is 0 Å². The van der Waals surface area contributed by atoms with E-state index in [0.29, 0.717) is 23.7 Å². The van der Waals surface area contributed by atoms with E-state index in [9.17, 15) is 9.59 Å². The molecular formula is C18H18ClN3O2. The van der Waals surface area contributed by atoms with Crippen LogP contribution < -0.4 is 11.1 Å². The van der Waals surface area contributed by atoms with Crippen molar-refractivity contribution >= 4 is 29.1 Å². The number of rotatable bonds is 4. The summed E-state index contributed by atoms with van der Waals surface area (Å²) in [5.41, 5.74) is 8.30. The third kappa shape index (κ3) is 3.58. The van der Waals surface area contributed by atoms with Crippen LogP contribution in [0.5, 0.6) is 0 Å². The van der Waals surface area contributed by atoms with Crippen LogP contribution in [0.1, 0.15) is 11.1 Å². The molecule has 24 heavy (non-hydrogen) atoms. The number of anilines is 1. The van der Waals surface area contributed by atoms with Crippen LogP contribution in [0.2, 0.25) is 5.02 Å². The molecule has 2 amide bonds. The molecule has 0 unspecified atom stereocenters. The van der Waals surface area contributed by atoms with Gasteiger partial charge in [-0.05, 0) is 29.7 Å². The number of hydrogen-bond acceptors (Lipinski definition) is 3. The standard InChI is InChI=1S/C18H18ClN3O2/c19-14-7-3-4-8-15(14)21-17(23)11-22-10-13-6-2-1-5-12(13)9-16(22)18(20)24/h1-8,16H,9-11H2,(H2,20,24)(H,21,23)/t16-/m0/s1. The maximum absolute atomic E-state index is 12.3. The topological polar surface area (TPSA) is 75.4 Å². The van der Waals surface area contributed by atoms with Gasteiger partial charge in [-0.3, -0.25) is 14.5 Å². The molecule has 0 bridgehead atoms. The van der Waals surface area contributed by atoms with E-state index in [2.05, 4.69) is 5.32 Å². The summed E-state index contributed by atoms with van der Waals surface area (Å²) < 4.78 is 0. The minimum atomic E-state index is -0.489. The van der Waals surface area contributed by atoms with E-state index in [-0.39, 0.29) is 12.5 Å². The highest BCUT2D eigenvalue weighted by atomic mass is 35.5. The van der Waals surface area contributed by atoms with Crippen molar-refractivity contribution in [3.63, 3.8) is 0 Å². The molecule has 2 aromatic carbocycles. The molecule has 6 heteroatoms. The third-order valence-corrected chi connectivity index (χ3v) is 4.50. The smallest absolute Gasteiger partial charge is 0.238 e. The molecule has 0 aliphatic carbocycles. The molecule has 0 fully saturated rings. The first-order chi connectivity index (χ1) is 11.5. The number of hydrogen-bond donors (Lipinski definition) is 2. The quantitative estimate of drug-likeness (QED) is 0.893. The molecule has 0 spiro atoms. The summed E-state index contributed by atoms with van der Waals surface area (Å²) in [7, 11) is 0. The van der Waals surface area contributed by atoms with Crippen LogP contribution in [0.25, 0.3) is 0 Å². The highest BCUT2D eigenvalue weighted by Crippen LogP contribution is 2.24. The van der Waals surface area contributed by atoms with Crippen LogP contribution in [-0.4, -0.2) is 29.3 Å². The first-order valence-electron chi connectivity index (χ1n) is 7.69. The molecule has 1 aliphatic heterocycles. The first-order valence-corrected chi connectivity index (χ1v) is 8.07. The Hall–Kier alpha value is -2.37. The number of para-hydroxylation sites is 1. The zero-order valence-corrected chi connectivity index (χ0v) is 13.8. The second-order valence-electron chi connectivity index (χ2n) is 5.82. The normalized spacial score (nSPS) is 17.1. The summed E-state index contributed by atoms with van der Waals surface area (Å²) >= 11 is 6.05. The van der Waals surface area contributed by atoms with Gasteiger partial charge in [0.1, 0.15) is 0 Å². The average Bonchev–Trinajstić information content (AvgIpc) is 2.56. The molecule has 0 saturated heterocycles. The first kappa shape index (κ1) is 16.5. The molecule has 0 radical (unpaired) electrons. The molecule has 5 nitrogen and oxygen atoms in total. The summed E-state index contributed by atoms with van der Waals surface area (Å²) in [4.78, 5) is 25.9. The lowest BCUT2D eigenvalue weighted by molar-refractivity contribution is -0.125. The van der Waals surface area contributed by atoms with Crippen LogP contribution in [0.4, 0.5) is 5.69 Å². The summed E-state index contributed by atoms with van der Waals surface area (Å²) in [5.74, 6) is -0.649. The number of carbonyl (C=O) groups is 2. The van der Waals surface area contributed by atoms with Crippen LogP contribution in [0.15, 0.2) is 48.5 Å². The molecular weight excluding hydrogens is 326 g/mol. The molecule has 1 aliphatic rings. The van der Waals surface area contributed by atoms with E-state index in [1.807, 2.05) is 24.3 Å². The molecule has 2 aromatic rings. The number of fused-ring (bicyclic) bond motifs is 1. The number of benzene rings is 2. The Morgan fingerprint density at radius 1 is 1.12 bits per heavy atom. The number of nitrogens with one attached hydrogen (secondary N) is 1. The summed E-state index contributed by atoms with van der Waals surface area (Å²) in [5, 5.41) is 3.25. The van der Waals surface area contributed by atoms with Gasteiger partial charge in [0, 0.05) is 6.54 Å². The van der Waals surface area contributed by atoms with E-state index in [1.165, 1.54) is 0 Å². The van der Waals surface area contributed by atoms with Crippen molar-refractivity contribution < 1.29 is 9.59 Å². The van der Waals surface area contributed by atoms with Crippen LogP contribution in [-0.2, 0) is 22.6 Å². The number of carbonyl (C=O) groups excluding carboxylic acids is 2. The zero-order valence-electron chi connectivity index (χ0n) is 13.0. The largest absolute Gasteiger partial charge is 0.368 e. The van der Waals surface area contributed by atoms with Gasteiger partial charge < -0.3 is 11.1 Å². The maximum atomic E-state index is 12.3. The van der Waals surface area contributed by atoms with Gasteiger partial charge in [-0.25, -0.2) is 0 Å². The Bertz CT molecular complexity index is 778. The van der Waals surface area contributed by atoms with Crippen LogP contribution in [0.3, 0.4) is 0 Å². The number of nitrogens with zero attached hydrogens (tertiary/aromatic N) is 1. The minimum Gasteiger partial charge on any atom is -0.368 e. The molecule has 1 atom stereocenters. The van der Waals surface area contributed by atoms with E-state index in [1.54, 1.807) is 29.2 Å². The fraction of sp³-hybridized carbons (Fsp3) is 0.222. The van der Waals surface area contributed by atoms with Gasteiger partial charge in [0.2, 0.25) is 11.8 Å². The lowest BCUT2D eigenvalue weighted by atomic mass is 9.93. The molecule has 124 valence electrons. The monoisotopic (exact) mass is 343 g/mol. The number of nitrogens with two attached hydrogens (primary N) is 1. The highest BCUT2D eigenvalue weighted by Gasteiger charge is 2.31. The lowest BCUT2D eigenvalue weighted by Crippen LogP contribution is -2.50. The van der Waals surface area contributed by atoms with E-state index in [4.69, 9.17) is 17.3 Å². The van der Waals surface area contributed by atoms with Crippen molar-refractivity contribution in [2.75, 3.05) is 11.9 Å². The van der Waals surface area contributed by atoms with Gasteiger partial charge in [0.15, 0.2) is 0 Å². The SMILES string of the molecule is NC(=O)[C@@H]1Cc2ccccc2CN1CC(=O)Nc1ccccc1Cl. The fourth-order valence-electron chi connectivity index (χ4n) is 2.96. The van der Waals surface area contributed by atoms with Gasteiger partial charge in [-0.1, -0.05) is 48.0 Å². The summed E-state index contributed by atoms with van der Waals surface area (Å²) in [6, 6.07) is 14.4. The van der Waals surface area contributed by atoms with E-state index in [0.717, 1.165) is 11.1 Å². The minimum absolute atomic E-state index is 0.0766. The van der Waals surface area contributed by atoms with Crippen molar-refractivity contribution in [2.45, 2.75) is 19.0 Å². The van der Waals surface area contributed by atoms with E-state index < -0.39 is 11.9 Å². The zero-order chi connectivity index (χ0) is 17.1. The Labute approximate surface area is 145 Å². The van der Waals surface area contributed by atoms with Crippen LogP contribution in [0, 0.1) is 0 Å². The molecule has 0 aromatic heterocycles. The molecule has 3 rings (SSSR count). The highest BCUT2D eigenvalue weighted by molar-refractivity contribution is 6.33. The molecule has 1 heterocycles. The van der Waals surface area contributed by atoms with Crippen molar-refractivity contribution in [1.82, 2.24) is 4.90 Å². The predicted molar refractivity (Wildman–Crippen MR) is 93.6 cm³/mol. The number of amides is 2. The van der Waals surface area contributed by atoms with Gasteiger partial charge in [-0.2, -0.15) is 0 Å². The second-order valence-corrected chi connectivity index (χ2v) is 6.23. The molecule has 3 N–H and O–H groups in total. The Morgan fingerprint density at radius 2 is 1.79 bits per heavy atom. The van der Waals surface area contributed by atoms with Crippen LogP contribution >= 0.6 is 11.6 Å². The third-order valence-electron chi connectivity index (χ3n) is 4.17. The number of halogens is 1. The van der Waals surface area contributed by atoms with Gasteiger partial charge in [-0.15, -0.1) is 0 Å². The Morgan fingerprint density at radius 3 is 2.50 bits per heavy atom. The van der Waals surface area contributed by atoms with Gasteiger partial charge >= 0.3 is 0 Å². The van der Waals surface area contributed by atoms with Gasteiger partial charge in [0.25, 0.3) is 0 Å². The average molecular weight is 344 g/mol. The summed E-state index contributed by atoms with van der Waals surface area (Å²) in [6.07, 6.45) is 0.519. The Kier molecular flexibility index (Phi) is 4.83.